The number of aromatic nitrogens is 1. The first kappa shape index (κ1) is 22.3. The monoisotopic (exact) mass is 451 g/mol. The summed E-state index contributed by atoms with van der Waals surface area (Å²) in [5, 5.41) is 9.83. The molecule has 1 aliphatic rings. The smallest absolute Gasteiger partial charge is 0.268 e. The van der Waals surface area contributed by atoms with E-state index in [1.165, 1.54) is 18.5 Å². The van der Waals surface area contributed by atoms with Crippen molar-refractivity contribution in [2.24, 2.45) is 0 Å². The minimum Gasteiger partial charge on any atom is -0.453 e. The lowest BCUT2D eigenvalue weighted by atomic mass is 9.98. The number of benzene rings is 1. The number of hydrogen-bond acceptors (Lipinski definition) is 6. The molecule has 1 atom stereocenters. The van der Waals surface area contributed by atoms with Gasteiger partial charge in [-0.2, -0.15) is 5.26 Å². The van der Waals surface area contributed by atoms with E-state index in [1.807, 2.05) is 12.1 Å². The van der Waals surface area contributed by atoms with Crippen molar-refractivity contribution < 1.29 is 27.6 Å². The van der Waals surface area contributed by atoms with E-state index < -0.39 is 36.6 Å². The second-order valence-corrected chi connectivity index (χ2v) is 7.93. The third-order valence-electron chi connectivity index (χ3n) is 5.56. The molecule has 0 spiro atoms. The van der Waals surface area contributed by atoms with Gasteiger partial charge in [0.25, 0.3) is 5.92 Å². The number of pyridine rings is 1. The van der Waals surface area contributed by atoms with Gasteiger partial charge < -0.3 is 9.32 Å². The third-order valence-corrected chi connectivity index (χ3v) is 5.56. The van der Waals surface area contributed by atoms with Gasteiger partial charge in [-0.05, 0) is 23.8 Å². The summed E-state index contributed by atoms with van der Waals surface area (Å²) < 4.78 is 32.7. The molecule has 0 aliphatic carbocycles. The number of furan rings is 1. The number of likely N-dealkylation sites (tertiary alicyclic amines) is 1. The Morgan fingerprint density at radius 2 is 1.97 bits per heavy atom. The van der Waals surface area contributed by atoms with Crippen LogP contribution in [0.1, 0.15) is 45.7 Å². The highest BCUT2D eigenvalue weighted by molar-refractivity contribution is 6.03. The average molecular weight is 451 g/mol. The van der Waals surface area contributed by atoms with Crippen molar-refractivity contribution in [3.63, 3.8) is 0 Å². The first-order valence-corrected chi connectivity index (χ1v) is 10.3. The Morgan fingerprint density at radius 1 is 1.18 bits per heavy atom. The molecule has 1 saturated heterocycles. The second kappa shape index (κ2) is 8.90. The Balaban J connectivity index is 1.43. The largest absolute Gasteiger partial charge is 0.453 e. The van der Waals surface area contributed by atoms with Gasteiger partial charge in [0.1, 0.15) is 11.6 Å². The molecule has 3 aromatic rings. The van der Waals surface area contributed by atoms with Crippen LogP contribution < -0.4 is 0 Å². The van der Waals surface area contributed by atoms with Crippen LogP contribution in [0.25, 0.3) is 11.0 Å². The van der Waals surface area contributed by atoms with Crippen LogP contribution in [-0.4, -0.2) is 45.9 Å². The van der Waals surface area contributed by atoms with Crippen LogP contribution in [0.4, 0.5) is 8.78 Å². The predicted molar refractivity (Wildman–Crippen MR) is 113 cm³/mol. The van der Waals surface area contributed by atoms with Crippen molar-refractivity contribution in [1.29, 1.82) is 5.26 Å². The fraction of sp³-hybridized carbons (Fsp3) is 0.292. The fourth-order valence-corrected chi connectivity index (χ4v) is 3.91. The number of halogens is 2. The molecule has 9 heteroatoms. The van der Waals surface area contributed by atoms with Gasteiger partial charge in [0.15, 0.2) is 11.5 Å². The number of nitrogens with zero attached hydrogens (tertiary/aromatic N) is 3. The highest BCUT2D eigenvalue weighted by atomic mass is 19.3. The summed E-state index contributed by atoms with van der Waals surface area (Å²) in [5.74, 6) is -4.39. The number of alkyl halides is 2. The van der Waals surface area contributed by atoms with E-state index in [1.54, 1.807) is 24.3 Å². The molecule has 168 valence electrons. The normalized spacial score (nSPS) is 17.1. The van der Waals surface area contributed by atoms with E-state index in [-0.39, 0.29) is 36.4 Å². The summed E-state index contributed by atoms with van der Waals surface area (Å²) in [7, 11) is 0. The number of Topliss-reactive ketones (excluding diaryl/α,β-unsaturated/α-hetero) is 2. The second-order valence-electron chi connectivity index (χ2n) is 7.93. The van der Waals surface area contributed by atoms with Gasteiger partial charge in [-0.15, -0.1) is 0 Å². The number of ketones is 2. The van der Waals surface area contributed by atoms with Gasteiger partial charge in [0, 0.05) is 49.0 Å². The maximum absolute atomic E-state index is 13.6. The highest BCUT2D eigenvalue weighted by Crippen LogP contribution is 2.32. The fourth-order valence-electron chi connectivity index (χ4n) is 3.91. The summed E-state index contributed by atoms with van der Waals surface area (Å²) in [6.07, 6.45) is 1.42. The van der Waals surface area contributed by atoms with E-state index in [4.69, 9.17) is 9.68 Å². The number of rotatable bonds is 7. The maximum atomic E-state index is 13.6. The molecule has 0 saturated carbocycles. The number of amides is 1. The summed E-state index contributed by atoms with van der Waals surface area (Å²) in [6, 6.07) is 10.8. The molecule has 1 aliphatic heterocycles. The average Bonchev–Trinajstić information content (AvgIpc) is 3.38. The zero-order chi connectivity index (χ0) is 23.6. The Bertz CT molecular complexity index is 1240. The van der Waals surface area contributed by atoms with Crippen molar-refractivity contribution in [2.45, 2.75) is 37.6 Å². The zero-order valence-electron chi connectivity index (χ0n) is 17.5. The lowest BCUT2D eigenvalue weighted by Gasteiger charge is -2.19. The summed E-state index contributed by atoms with van der Waals surface area (Å²) in [5.41, 5.74) is 1.18. The highest BCUT2D eigenvalue weighted by Gasteiger charge is 2.47. The minimum absolute atomic E-state index is 0.127. The molecule has 2 aromatic heterocycles. The van der Waals surface area contributed by atoms with Crippen LogP contribution in [-0.2, 0) is 11.2 Å². The van der Waals surface area contributed by atoms with E-state index in [9.17, 15) is 23.2 Å². The Kier molecular flexibility index (Phi) is 6.01. The molecule has 4 rings (SSSR count). The molecule has 0 N–H and O–H groups in total. The predicted octanol–water partition coefficient (Wildman–Crippen LogP) is 3.98. The molecule has 1 amide bonds. The number of carbonyl (C=O) groups is 3. The van der Waals surface area contributed by atoms with Crippen LogP contribution in [0.2, 0.25) is 0 Å². The Hall–Kier alpha value is -3.93. The zero-order valence-corrected chi connectivity index (χ0v) is 17.5. The lowest BCUT2D eigenvalue weighted by molar-refractivity contribution is -0.132. The maximum Gasteiger partial charge on any atom is 0.268 e. The number of carbonyl (C=O) groups excluding carboxylic acids is 3. The molecular weight excluding hydrogens is 432 g/mol. The van der Waals surface area contributed by atoms with Crippen LogP contribution in [0.5, 0.6) is 0 Å². The topological polar surface area (TPSA) is 104 Å². The first-order valence-electron chi connectivity index (χ1n) is 10.3. The lowest BCUT2D eigenvalue weighted by Crippen LogP contribution is -2.36. The van der Waals surface area contributed by atoms with Crippen LogP contribution in [0, 0.1) is 11.3 Å². The quantitative estimate of drug-likeness (QED) is 0.504. The molecule has 1 fully saturated rings. The van der Waals surface area contributed by atoms with Crippen molar-refractivity contribution in [2.75, 3.05) is 6.54 Å². The summed E-state index contributed by atoms with van der Waals surface area (Å²) in [6.45, 7) is -0.829. The Labute approximate surface area is 187 Å². The standard InChI is InChI=1S/C24H19F2N3O4/c25-24(26)11-17(12-27)29(14-24)23(32)6-5-19(30)18-7-8-28-13-16(18)9-20(31)22-10-15-3-1-2-4-21(15)33-22/h1-4,7-8,10,13,17H,5-6,9,11,14H2/t17-/m0/s1. The van der Waals surface area contributed by atoms with Crippen LogP contribution in [0.3, 0.4) is 0 Å². The van der Waals surface area contributed by atoms with E-state index in [0.29, 0.717) is 11.1 Å². The number of para-hydroxylation sites is 1. The van der Waals surface area contributed by atoms with Gasteiger partial charge >= 0.3 is 0 Å². The molecule has 33 heavy (non-hydrogen) atoms. The van der Waals surface area contributed by atoms with Gasteiger partial charge in [-0.3, -0.25) is 19.4 Å². The SMILES string of the molecule is N#C[C@@H]1CC(F)(F)CN1C(=O)CCC(=O)c1ccncc1CC(=O)c1cc2ccccc2o1. The number of hydrogen-bond donors (Lipinski definition) is 0. The third kappa shape index (κ3) is 4.80. The van der Waals surface area contributed by atoms with Crippen molar-refractivity contribution in [3.8, 4) is 6.07 Å². The van der Waals surface area contributed by atoms with E-state index >= 15 is 0 Å². The summed E-state index contributed by atoms with van der Waals surface area (Å²) in [4.78, 5) is 42.7. The summed E-state index contributed by atoms with van der Waals surface area (Å²) >= 11 is 0. The van der Waals surface area contributed by atoms with Gasteiger partial charge in [0.05, 0.1) is 12.6 Å². The molecule has 0 unspecified atom stereocenters. The van der Waals surface area contributed by atoms with Gasteiger partial charge in [0.2, 0.25) is 11.7 Å². The first-order chi connectivity index (χ1) is 15.8. The Morgan fingerprint density at radius 3 is 2.73 bits per heavy atom. The number of fused-ring (bicyclic) bond motifs is 1. The molecule has 3 heterocycles. The van der Waals surface area contributed by atoms with Crippen LogP contribution in [0.15, 0.2) is 53.2 Å². The number of nitriles is 1. The molecular formula is C24H19F2N3O4. The van der Waals surface area contributed by atoms with Gasteiger partial charge in [-0.1, -0.05) is 18.2 Å². The van der Waals surface area contributed by atoms with Crippen molar-refractivity contribution >= 4 is 28.4 Å². The van der Waals surface area contributed by atoms with Crippen molar-refractivity contribution in [1.82, 2.24) is 9.88 Å². The van der Waals surface area contributed by atoms with Crippen molar-refractivity contribution in [3.05, 3.63) is 65.7 Å². The molecule has 7 nitrogen and oxygen atoms in total. The molecule has 0 bridgehead atoms. The molecule has 1 aromatic carbocycles. The van der Waals surface area contributed by atoms with Gasteiger partial charge in [-0.25, -0.2) is 8.78 Å². The molecule has 0 radical (unpaired) electrons. The van der Waals surface area contributed by atoms with E-state index in [0.717, 1.165) is 10.3 Å². The van der Waals surface area contributed by atoms with Crippen LogP contribution >= 0.6 is 0 Å². The van der Waals surface area contributed by atoms with E-state index in [2.05, 4.69) is 4.98 Å². The minimum atomic E-state index is -3.12.